The summed E-state index contributed by atoms with van der Waals surface area (Å²) in [7, 11) is 0. The van der Waals surface area contributed by atoms with Gasteiger partial charge in [-0.3, -0.25) is 0 Å². The van der Waals surface area contributed by atoms with Crippen molar-refractivity contribution in [3.05, 3.63) is 33.0 Å². The predicted octanol–water partition coefficient (Wildman–Crippen LogP) is 3.42. The molecule has 0 aliphatic heterocycles. The highest BCUT2D eigenvalue weighted by molar-refractivity contribution is 9.10. The van der Waals surface area contributed by atoms with Crippen molar-refractivity contribution in [2.24, 2.45) is 0 Å². The Morgan fingerprint density at radius 3 is 2.79 bits per heavy atom. The summed E-state index contributed by atoms with van der Waals surface area (Å²) in [5.41, 5.74) is -0.225. The van der Waals surface area contributed by atoms with Crippen LogP contribution in [0, 0.1) is 5.82 Å². The number of esters is 1. The number of carbonyl (C=O) groups excluding carboxylic acids is 1. The molecule has 0 radical (unpaired) electrons. The van der Waals surface area contributed by atoms with E-state index in [4.69, 9.17) is 11.6 Å². The third-order valence-electron chi connectivity index (χ3n) is 1.49. The van der Waals surface area contributed by atoms with Gasteiger partial charge < -0.3 is 4.74 Å². The third-order valence-corrected chi connectivity index (χ3v) is 2.24. The maximum Gasteiger partial charge on any atom is 0.342 e. The summed E-state index contributed by atoms with van der Waals surface area (Å²) < 4.78 is 18.4. The lowest BCUT2D eigenvalue weighted by Gasteiger charge is -2.05. The van der Waals surface area contributed by atoms with Crippen molar-refractivity contribution >= 4 is 33.5 Å². The molecule has 0 saturated carbocycles. The Morgan fingerprint density at radius 1 is 1.64 bits per heavy atom. The first-order valence-electron chi connectivity index (χ1n) is 3.88. The molecule has 5 heteroatoms. The molecule has 1 aromatic carbocycles. The lowest BCUT2D eigenvalue weighted by molar-refractivity contribution is 0.0521. The van der Waals surface area contributed by atoms with E-state index in [1.807, 2.05) is 0 Å². The molecule has 2 nitrogen and oxygen atoms in total. The molecule has 0 bridgehead atoms. The summed E-state index contributed by atoms with van der Waals surface area (Å²) in [6, 6.07) is 2.61. The van der Waals surface area contributed by atoms with Gasteiger partial charge in [-0.15, -0.1) is 0 Å². The van der Waals surface area contributed by atoms with Crippen molar-refractivity contribution < 1.29 is 13.9 Å². The Labute approximate surface area is 94.1 Å². The smallest absolute Gasteiger partial charge is 0.342 e. The molecule has 0 N–H and O–H groups in total. The Morgan fingerprint density at radius 2 is 2.29 bits per heavy atom. The van der Waals surface area contributed by atoms with Gasteiger partial charge in [-0.2, -0.15) is 0 Å². The Bertz CT molecular complexity index is 345. The second kappa shape index (κ2) is 4.75. The standard InChI is InChI=1S/C9H7BrClFO2/c1-2-14-9(13)8-6(11)3-5(10)4-7(8)12/h3-4H,2H2,1H3. The largest absolute Gasteiger partial charge is 0.462 e. The minimum Gasteiger partial charge on any atom is -0.462 e. The molecule has 0 aliphatic rings. The van der Waals surface area contributed by atoms with E-state index >= 15 is 0 Å². The van der Waals surface area contributed by atoms with Crippen LogP contribution in [-0.2, 0) is 4.74 Å². The molecule has 1 rings (SSSR count). The number of benzene rings is 1. The van der Waals surface area contributed by atoms with Gasteiger partial charge in [-0.1, -0.05) is 27.5 Å². The highest BCUT2D eigenvalue weighted by Gasteiger charge is 2.17. The zero-order valence-electron chi connectivity index (χ0n) is 7.31. The molecule has 0 saturated heterocycles. The fourth-order valence-electron chi connectivity index (χ4n) is 0.940. The Kier molecular flexibility index (Phi) is 3.89. The van der Waals surface area contributed by atoms with E-state index in [9.17, 15) is 9.18 Å². The van der Waals surface area contributed by atoms with E-state index in [2.05, 4.69) is 20.7 Å². The highest BCUT2D eigenvalue weighted by atomic mass is 79.9. The number of hydrogen-bond acceptors (Lipinski definition) is 2. The summed E-state index contributed by atoms with van der Waals surface area (Å²) in [6.45, 7) is 1.83. The lowest BCUT2D eigenvalue weighted by atomic mass is 10.2. The maximum atomic E-state index is 13.3. The molecule has 76 valence electrons. The zero-order chi connectivity index (χ0) is 10.7. The first kappa shape index (κ1) is 11.5. The summed E-state index contributed by atoms with van der Waals surface area (Å²) in [5, 5.41) is 0.0373. The van der Waals surface area contributed by atoms with Gasteiger partial charge in [0.25, 0.3) is 0 Å². The van der Waals surface area contributed by atoms with E-state index in [0.717, 1.165) is 6.07 Å². The fourth-order valence-corrected chi connectivity index (χ4v) is 1.79. The van der Waals surface area contributed by atoms with E-state index in [1.54, 1.807) is 6.92 Å². The SMILES string of the molecule is CCOC(=O)c1c(F)cc(Br)cc1Cl. The number of halogens is 3. The fraction of sp³-hybridized carbons (Fsp3) is 0.222. The molecule has 0 fully saturated rings. The van der Waals surface area contributed by atoms with Crippen molar-refractivity contribution in [1.29, 1.82) is 0 Å². The quantitative estimate of drug-likeness (QED) is 0.777. The van der Waals surface area contributed by atoms with E-state index in [1.165, 1.54) is 6.07 Å². The van der Waals surface area contributed by atoms with Crippen molar-refractivity contribution in [2.45, 2.75) is 6.92 Å². The third kappa shape index (κ3) is 2.45. The van der Waals surface area contributed by atoms with Gasteiger partial charge in [0.1, 0.15) is 11.4 Å². The highest BCUT2D eigenvalue weighted by Crippen LogP contribution is 2.25. The second-order valence-electron chi connectivity index (χ2n) is 2.46. The predicted molar refractivity (Wildman–Crippen MR) is 55.1 cm³/mol. The molecule has 0 atom stereocenters. The van der Waals surface area contributed by atoms with Crippen LogP contribution in [-0.4, -0.2) is 12.6 Å². The molecule has 0 spiro atoms. The van der Waals surface area contributed by atoms with Crippen LogP contribution in [0.3, 0.4) is 0 Å². The molecule has 0 aromatic heterocycles. The second-order valence-corrected chi connectivity index (χ2v) is 3.79. The van der Waals surface area contributed by atoms with E-state index in [0.29, 0.717) is 4.47 Å². The number of ether oxygens (including phenoxy) is 1. The first-order valence-corrected chi connectivity index (χ1v) is 5.05. The van der Waals surface area contributed by atoms with Crippen molar-refractivity contribution in [3.8, 4) is 0 Å². The minimum atomic E-state index is -0.748. The average molecular weight is 282 g/mol. The van der Waals surface area contributed by atoms with Crippen molar-refractivity contribution in [1.82, 2.24) is 0 Å². The number of hydrogen-bond donors (Lipinski definition) is 0. The van der Waals surface area contributed by atoms with Crippen LogP contribution in [0.15, 0.2) is 16.6 Å². The van der Waals surface area contributed by atoms with Crippen LogP contribution in [0.25, 0.3) is 0 Å². The van der Waals surface area contributed by atoms with Crippen molar-refractivity contribution in [2.75, 3.05) is 6.61 Å². The van der Waals surface area contributed by atoms with Crippen molar-refractivity contribution in [3.63, 3.8) is 0 Å². The average Bonchev–Trinajstić information content (AvgIpc) is 2.01. The zero-order valence-corrected chi connectivity index (χ0v) is 9.65. The minimum absolute atomic E-state index is 0.0373. The van der Waals surface area contributed by atoms with E-state index < -0.39 is 11.8 Å². The van der Waals surface area contributed by atoms with Gasteiger partial charge in [0.05, 0.1) is 11.6 Å². The maximum absolute atomic E-state index is 13.3. The summed E-state index contributed by atoms with van der Waals surface area (Å²) in [5.74, 6) is -1.44. The van der Waals surface area contributed by atoms with Gasteiger partial charge in [0.2, 0.25) is 0 Å². The lowest BCUT2D eigenvalue weighted by Crippen LogP contribution is -2.08. The number of rotatable bonds is 2. The van der Waals surface area contributed by atoms with Gasteiger partial charge >= 0.3 is 5.97 Å². The topological polar surface area (TPSA) is 26.3 Å². The van der Waals surface area contributed by atoms with Crippen LogP contribution in [0.1, 0.15) is 17.3 Å². The van der Waals surface area contributed by atoms with Crippen LogP contribution in [0.4, 0.5) is 4.39 Å². The normalized spacial score (nSPS) is 10.0. The van der Waals surface area contributed by atoms with Crippen LogP contribution < -0.4 is 0 Å². The Hall–Kier alpha value is -0.610. The molecule has 14 heavy (non-hydrogen) atoms. The summed E-state index contributed by atoms with van der Waals surface area (Å²) in [6.07, 6.45) is 0. The monoisotopic (exact) mass is 280 g/mol. The van der Waals surface area contributed by atoms with Gasteiger partial charge in [-0.05, 0) is 19.1 Å². The molecule has 0 unspecified atom stereocenters. The Balaban J connectivity index is 3.14. The van der Waals surface area contributed by atoms with Crippen LogP contribution >= 0.6 is 27.5 Å². The molecule has 0 heterocycles. The molecule has 0 amide bonds. The van der Waals surface area contributed by atoms with Gasteiger partial charge in [0.15, 0.2) is 0 Å². The van der Waals surface area contributed by atoms with Crippen LogP contribution in [0.2, 0.25) is 5.02 Å². The first-order chi connectivity index (χ1) is 6.56. The summed E-state index contributed by atoms with van der Waals surface area (Å²) in [4.78, 5) is 11.2. The summed E-state index contributed by atoms with van der Waals surface area (Å²) >= 11 is 8.75. The molecule has 1 aromatic rings. The number of carbonyl (C=O) groups is 1. The molecular formula is C9H7BrClFO2. The van der Waals surface area contributed by atoms with E-state index in [-0.39, 0.29) is 17.2 Å². The molecule has 0 aliphatic carbocycles. The van der Waals surface area contributed by atoms with Crippen LogP contribution in [0.5, 0.6) is 0 Å². The van der Waals surface area contributed by atoms with Gasteiger partial charge in [0, 0.05) is 4.47 Å². The molecular weight excluding hydrogens is 274 g/mol. The van der Waals surface area contributed by atoms with Gasteiger partial charge in [-0.25, -0.2) is 9.18 Å².